The number of benzene rings is 1. The van der Waals surface area contributed by atoms with Crippen molar-refractivity contribution >= 4 is 33.8 Å². The number of carbonyl (C=O) groups is 1. The molecular formula is C18H21N3O4S. The average molecular weight is 375 g/mol. The number of aryl methyl sites for hydroxylation is 1. The van der Waals surface area contributed by atoms with Crippen molar-refractivity contribution in [1.29, 1.82) is 0 Å². The van der Waals surface area contributed by atoms with Gasteiger partial charge >= 0.3 is 0 Å². The summed E-state index contributed by atoms with van der Waals surface area (Å²) in [5.41, 5.74) is 1.99. The lowest BCUT2D eigenvalue weighted by Crippen LogP contribution is -2.22. The lowest BCUT2D eigenvalue weighted by Gasteiger charge is -2.04. The molecule has 1 saturated carbocycles. The molecule has 0 aliphatic heterocycles. The van der Waals surface area contributed by atoms with Crippen LogP contribution in [0.25, 0.3) is 12.2 Å². The summed E-state index contributed by atoms with van der Waals surface area (Å²) in [7, 11) is -3.46. The summed E-state index contributed by atoms with van der Waals surface area (Å²) in [6.07, 6.45) is 5.32. The summed E-state index contributed by atoms with van der Waals surface area (Å²) in [5, 5.41) is 6.77. The number of nitrogens with zero attached hydrogens (tertiary/aromatic N) is 1. The summed E-state index contributed by atoms with van der Waals surface area (Å²) < 4.78 is 31.6. The van der Waals surface area contributed by atoms with Crippen LogP contribution in [0.2, 0.25) is 0 Å². The maximum Gasteiger partial charge on any atom is 0.240 e. The van der Waals surface area contributed by atoms with Crippen LogP contribution in [0.15, 0.2) is 33.7 Å². The zero-order valence-electron chi connectivity index (χ0n) is 14.7. The van der Waals surface area contributed by atoms with Crippen molar-refractivity contribution in [2.75, 3.05) is 11.9 Å². The minimum absolute atomic E-state index is 0.0102. The average Bonchev–Trinajstić information content (AvgIpc) is 3.40. The molecule has 7 nitrogen and oxygen atoms in total. The van der Waals surface area contributed by atoms with Crippen LogP contribution in [0, 0.1) is 12.8 Å². The van der Waals surface area contributed by atoms with E-state index >= 15 is 0 Å². The fourth-order valence-corrected chi connectivity index (χ4v) is 3.47. The van der Waals surface area contributed by atoms with Crippen molar-refractivity contribution in [3.8, 4) is 0 Å². The first-order valence-corrected chi connectivity index (χ1v) is 9.94. The van der Waals surface area contributed by atoms with Crippen LogP contribution in [0.3, 0.4) is 0 Å². The van der Waals surface area contributed by atoms with E-state index in [1.165, 1.54) is 0 Å². The zero-order valence-corrected chi connectivity index (χ0v) is 15.5. The molecule has 8 heteroatoms. The number of hydrogen-bond acceptors (Lipinski definition) is 5. The van der Waals surface area contributed by atoms with Crippen molar-refractivity contribution in [3.05, 3.63) is 41.3 Å². The molecule has 1 heterocycles. The van der Waals surface area contributed by atoms with Crippen molar-refractivity contribution in [2.24, 2.45) is 5.92 Å². The minimum Gasteiger partial charge on any atom is -0.354 e. The van der Waals surface area contributed by atoms with Gasteiger partial charge in [-0.25, -0.2) is 13.1 Å². The highest BCUT2D eigenvalue weighted by Gasteiger charge is 2.30. The Morgan fingerprint density at radius 3 is 2.58 bits per heavy atom. The molecule has 2 aromatic rings. The quantitative estimate of drug-likeness (QED) is 0.775. The molecule has 0 spiro atoms. The fraction of sp³-hybridized carbons (Fsp3) is 0.333. The number of carbonyl (C=O) groups excluding carboxylic acids is 1. The maximum absolute atomic E-state index is 12.0. The third-order valence-electron chi connectivity index (χ3n) is 4.04. The van der Waals surface area contributed by atoms with Gasteiger partial charge in [0.2, 0.25) is 15.9 Å². The van der Waals surface area contributed by atoms with Crippen LogP contribution in [-0.4, -0.2) is 26.0 Å². The number of anilines is 1. The van der Waals surface area contributed by atoms with Crippen molar-refractivity contribution < 1.29 is 17.7 Å². The Morgan fingerprint density at radius 1 is 1.27 bits per heavy atom. The zero-order chi connectivity index (χ0) is 18.7. The molecule has 1 fully saturated rings. The molecule has 0 bridgehead atoms. The first-order chi connectivity index (χ1) is 12.4. The monoisotopic (exact) mass is 375 g/mol. The maximum atomic E-state index is 12.0. The Morgan fingerprint density at radius 2 is 1.96 bits per heavy atom. The fourth-order valence-electron chi connectivity index (χ4n) is 2.43. The standard InChI is InChI=1S/C18H21N3O4S/c1-3-19-26(23,24)15-9-4-13(5-10-15)6-11-16-17(12(2)21-25-16)20-18(22)14-7-8-14/h4-6,9-11,14,19H,3,7-8H2,1-2H3,(H,20,22)/b11-6-. The third kappa shape index (κ3) is 4.20. The highest BCUT2D eigenvalue weighted by Crippen LogP contribution is 2.32. The minimum atomic E-state index is -3.46. The van der Waals surface area contributed by atoms with Crippen LogP contribution in [0.4, 0.5) is 5.69 Å². The summed E-state index contributed by atoms with van der Waals surface area (Å²) >= 11 is 0. The van der Waals surface area contributed by atoms with E-state index in [-0.39, 0.29) is 16.7 Å². The highest BCUT2D eigenvalue weighted by atomic mass is 32.2. The highest BCUT2D eigenvalue weighted by molar-refractivity contribution is 7.89. The van der Waals surface area contributed by atoms with Gasteiger partial charge in [-0.2, -0.15) is 0 Å². The van der Waals surface area contributed by atoms with Crippen molar-refractivity contribution in [3.63, 3.8) is 0 Å². The molecule has 3 rings (SSSR count). The van der Waals surface area contributed by atoms with E-state index < -0.39 is 10.0 Å². The second-order valence-corrected chi connectivity index (χ2v) is 7.94. The van der Waals surface area contributed by atoms with E-state index in [2.05, 4.69) is 15.2 Å². The molecule has 1 aliphatic carbocycles. The Kier molecular flexibility index (Phi) is 5.24. The molecule has 0 atom stereocenters. The van der Waals surface area contributed by atoms with Gasteiger partial charge in [0.25, 0.3) is 0 Å². The SMILES string of the molecule is CCNS(=O)(=O)c1ccc(/C=C\c2onc(C)c2NC(=O)C2CC2)cc1. The van der Waals surface area contributed by atoms with Crippen molar-refractivity contribution in [1.82, 2.24) is 9.88 Å². The Labute approximate surface area is 152 Å². The van der Waals surface area contributed by atoms with Gasteiger partial charge in [0.1, 0.15) is 11.4 Å². The molecule has 1 aromatic carbocycles. The van der Waals surface area contributed by atoms with E-state index in [0.29, 0.717) is 23.7 Å². The Hall–Kier alpha value is -2.45. The largest absolute Gasteiger partial charge is 0.354 e. The van der Waals surface area contributed by atoms with Gasteiger partial charge in [0.05, 0.1) is 4.90 Å². The number of sulfonamides is 1. The lowest BCUT2D eigenvalue weighted by molar-refractivity contribution is -0.117. The first kappa shape index (κ1) is 18.3. The molecule has 0 saturated heterocycles. The van der Waals surface area contributed by atoms with Crippen LogP contribution in [0.1, 0.15) is 36.8 Å². The second-order valence-electron chi connectivity index (χ2n) is 6.17. The summed E-state index contributed by atoms with van der Waals surface area (Å²) in [6.45, 7) is 3.83. The third-order valence-corrected chi connectivity index (χ3v) is 5.60. The Balaban J connectivity index is 1.75. The van der Waals surface area contributed by atoms with E-state index in [1.54, 1.807) is 50.3 Å². The number of nitrogens with one attached hydrogen (secondary N) is 2. The molecule has 0 unspecified atom stereocenters. The first-order valence-electron chi connectivity index (χ1n) is 8.45. The lowest BCUT2D eigenvalue weighted by atomic mass is 10.2. The smallest absolute Gasteiger partial charge is 0.240 e. The number of aromatic nitrogens is 1. The van der Waals surface area contributed by atoms with Gasteiger partial charge in [0, 0.05) is 12.5 Å². The molecule has 1 aromatic heterocycles. The van der Waals surface area contributed by atoms with E-state index in [0.717, 1.165) is 18.4 Å². The summed E-state index contributed by atoms with van der Waals surface area (Å²) in [5.74, 6) is 0.539. The van der Waals surface area contributed by atoms with E-state index in [1.807, 2.05) is 0 Å². The summed E-state index contributed by atoms with van der Waals surface area (Å²) in [6, 6.07) is 6.48. The molecule has 26 heavy (non-hydrogen) atoms. The van der Waals surface area contributed by atoms with Gasteiger partial charge in [-0.1, -0.05) is 30.3 Å². The summed E-state index contributed by atoms with van der Waals surface area (Å²) in [4.78, 5) is 12.2. The van der Waals surface area contributed by atoms with Crippen LogP contribution in [0.5, 0.6) is 0 Å². The van der Waals surface area contributed by atoms with E-state index in [4.69, 9.17) is 4.52 Å². The number of hydrogen-bond donors (Lipinski definition) is 2. The van der Waals surface area contributed by atoms with Crippen molar-refractivity contribution in [2.45, 2.75) is 31.6 Å². The molecule has 1 aliphatic rings. The van der Waals surface area contributed by atoms with Crippen LogP contribution in [-0.2, 0) is 14.8 Å². The molecule has 1 amide bonds. The Bertz CT molecular complexity index is 926. The van der Waals surface area contributed by atoms with E-state index in [9.17, 15) is 13.2 Å². The number of amides is 1. The van der Waals surface area contributed by atoms with Crippen LogP contribution < -0.4 is 10.0 Å². The van der Waals surface area contributed by atoms with Gasteiger partial charge in [-0.3, -0.25) is 4.79 Å². The van der Waals surface area contributed by atoms with Gasteiger partial charge in [0.15, 0.2) is 5.76 Å². The molecule has 0 radical (unpaired) electrons. The van der Waals surface area contributed by atoms with Gasteiger partial charge in [-0.15, -0.1) is 0 Å². The predicted octanol–water partition coefficient (Wildman–Crippen LogP) is 2.80. The molecule has 138 valence electrons. The molecular weight excluding hydrogens is 354 g/mol. The normalized spacial score (nSPS) is 14.7. The van der Waals surface area contributed by atoms with Crippen LogP contribution >= 0.6 is 0 Å². The molecule has 2 N–H and O–H groups in total. The topological polar surface area (TPSA) is 101 Å². The predicted molar refractivity (Wildman–Crippen MR) is 98.8 cm³/mol. The van der Waals surface area contributed by atoms with Gasteiger partial charge < -0.3 is 9.84 Å². The van der Waals surface area contributed by atoms with Gasteiger partial charge in [-0.05, 0) is 43.5 Å². The number of rotatable bonds is 7. The second kappa shape index (κ2) is 7.43.